The van der Waals surface area contributed by atoms with Gasteiger partial charge >= 0.3 is 0 Å². The van der Waals surface area contributed by atoms with Crippen molar-refractivity contribution in [2.24, 2.45) is 0 Å². The van der Waals surface area contributed by atoms with Crippen molar-refractivity contribution in [3.05, 3.63) is 100 Å². The molecular formula is C28H32ClN3O4S. The van der Waals surface area contributed by atoms with Gasteiger partial charge in [-0.2, -0.15) is 0 Å². The maximum Gasteiger partial charge on any atom is 0.244 e. The van der Waals surface area contributed by atoms with Crippen LogP contribution in [0, 0.1) is 13.8 Å². The van der Waals surface area contributed by atoms with E-state index in [1.807, 2.05) is 61.5 Å². The summed E-state index contributed by atoms with van der Waals surface area (Å²) in [6.45, 7) is 3.31. The number of benzene rings is 3. The highest BCUT2D eigenvalue weighted by atomic mass is 35.5. The number of likely N-dealkylation sites (N-methyl/N-ethyl adjacent to an activating group) is 1. The minimum absolute atomic E-state index is 0.136. The molecule has 0 heterocycles. The number of nitrogens with one attached hydrogen (secondary N) is 1. The van der Waals surface area contributed by atoms with E-state index in [-0.39, 0.29) is 18.9 Å². The lowest BCUT2D eigenvalue weighted by Gasteiger charge is -2.33. The second-order valence-corrected chi connectivity index (χ2v) is 11.3. The number of amides is 2. The molecule has 7 nitrogen and oxygen atoms in total. The van der Waals surface area contributed by atoms with E-state index < -0.39 is 28.5 Å². The van der Waals surface area contributed by atoms with Crippen LogP contribution >= 0.6 is 11.6 Å². The summed E-state index contributed by atoms with van der Waals surface area (Å²) in [7, 11) is -2.33. The van der Waals surface area contributed by atoms with Gasteiger partial charge in [0.25, 0.3) is 0 Å². The Morgan fingerprint density at radius 1 is 0.946 bits per heavy atom. The SMILES string of the molecule is CNC(=O)[C@@H](Cc1ccccc1)N(Cc1cccc(C)c1)C(=O)CN(c1cccc(Cl)c1C)S(C)(=O)=O. The first-order chi connectivity index (χ1) is 17.5. The fourth-order valence-electron chi connectivity index (χ4n) is 4.19. The van der Waals surface area contributed by atoms with E-state index in [2.05, 4.69) is 5.32 Å². The molecule has 1 atom stereocenters. The number of halogens is 1. The Hall–Kier alpha value is -3.36. The van der Waals surface area contributed by atoms with Gasteiger partial charge in [0.1, 0.15) is 12.6 Å². The van der Waals surface area contributed by atoms with Crippen LogP contribution in [0.1, 0.15) is 22.3 Å². The number of rotatable bonds is 10. The average molecular weight is 542 g/mol. The summed E-state index contributed by atoms with van der Waals surface area (Å²) in [6.07, 6.45) is 1.32. The largest absolute Gasteiger partial charge is 0.357 e. The first kappa shape index (κ1) is 28.2. The van der Waals surface area contributed by atoms with E-state index >= 15 is 0 Å². The Bertz CT molecular complexity index is 1360. The van der Waals surface area contributed by atoms with Crippen molar-refractivity contribution in [1.29, 1.82) is 0 Å². The number of carbonyl (C=O) groups is 2. The zero-order chi connectivity index (χ0) is 27.2. The van der Waals surface area contributed by atoms with E-state index in [0.29, 0.717) is 16.3 Å². The third-order valence-corrected chi connectivity index (χ3v) is 7.68. The van der Waals surface area contributed by atoms with Crippen molar-refractivity contribution in [2.45, 2.75) is 32.9 Å². The molecule has 0 spiro atoms. The maximum atomic E-state index is 13.9. The van der Waals surface area contributed by atoms with Gasteiger partial charge in [0.15, 0.2) is 0 Å². The number of hydrogen-bond donors (Lipinski definition) is 1. The van der Waals surface area contributed by atoms with Crippen LogP contribution in [0.3, 0.4) is 0 Å². The molecule has 3 rings (SSSR count). The van der Waals surface area contributed by atoms with Gasteiger partial charge in [-0.15, -0.1) is 0 Å². The third kappa shape index (κ3) is 7.33. The van der Waals surface area contributed by atoms with Crippen LogP contribution in [0.4, 0.5) is 5.69 Å². The molecule has 0 fully saturated rings. The number of aryl methyl sites for hydroxylation is 1. The van der Waals surface area contributed by atoms with Gasteiger partial charge in [-0.25, -0.2) is 8.42 Å². The lowest BCUT2D eigenvalue weighted by molar-refractivity contribution is -0.139. The first-order valence-corrected chi connectivity index (χ1v) is 14.1. The number of carbonyl (C=O) groups excluding carboxylic acids is 2. The predicted octanol–water partition coefficient (Wildman–Crippen LogP) is 4.11. The van der Waals surface area contributed by atoms with E-state index in [4.69, 9.17) is 11.6 Å². The molecule has 0 aliphatic rings. The van der Waals surface area contributed by atoms with Crippen molar-refractivity contribution in [1.82, 2.24) is 10.2 Å². The van der Waals surface area contributed by atoms with Crippen molar-refractivity contribution in [2.75, 3.05) is 24.2 Å². The number of nitrogens with zero attached hydrogens (tertiary/aromatic N) is 2. The smallest absolute Gasteiger partial charge is 0.244 e. The lowest BCUT2D eigenvalue weighted by Crippen LogP contribution is -2.53. The molecule has 0 radical (unpaired) electrons. The molecule has 0 aromatic heterocycles. The lowest BCUT2D eigenvalue weighted by atomic mass is 10.0. The molecule has 0 saturated carbocycles. The topological polar surface area (TPSA) is 86.8 Å². The highest BCUT2D eigenvalue weighted by Crippen LogP contribution is 2.28. The highest BCUT2D eigenvalue weighted by molar-refractivity contribution is 7.92. The zero-order valence-electron chi connectivity index (χ0n) is 21.4. The van der Waals surface area contributed by atoms with E-state index in [1.54, 1.807) is 25.1 Å². The molecule has 196 valence electrons. The van der Waals surface area contributed by atoms with E-state index in [9.17, 15) is 18.0 Å². The molecular weight excluding hydrogens is 510 g/mol. The summed E-state index contributed by atoms with van der Waals surface area (Å²) in [5.41, 5.74) is 3.58. The van der Waals surface area contributed by atoms with Crippen LogP contribution in [0.15, 0.2) is 72.8 Å². The van der Waals surface area contributed by atoms with Gasteiger partial charge in [0.2, 0.25) is 21.8 Å². The monoisotopic (exact) mass is 541 g/mol. The molecule has 0 unspecified atom stereocenters. The van der Waals surface area contributed by atoms with E-state index in [1.165, 1.54) is 11.9 Å². The molecule has 3 aromatic rings. The standard InChI is InChI=1S/C28H32ClN3O4S/c1-20-10-8-13-23(16-20)18-31(26(28(34)30-3)17-22-11-6-5-7-12-22)27(33)19-32(37(4,35)36)25-15-9-14-24(29)21(25)2/h5-16,26H,17-19H2,1-4H3,(H,30,34)/t26-/m1/s1. The van der Waals surface area contributed by atoms with Gasteiger partial charge in [-0.05, 0) is 42.7 Å². The van der Waals surface area contributed by atoms with Crippen molar-refractivity contribution < 1.29 is 18.0 Å². The number of hydrogen-bond acceptors (Lipinski definition) is 4. The first-order valence-electron chi connectivity index (χ1n) is 11.8. The Balaban J connectivity index is 2.06. The molecule has 0 aliphatic heterocycles. The molecule has 0 saturated heterocycles. The number of sulfonamides is 1. The molecule has 1 N–H and O–H groups in total. The number of anilines is 1. The van der Waals surface area contributed by atoms with Crippen molar-refractivity contribution in [3.8, 4) is 0 Å². The normalized spacial score (nSPS) is 12.0. The summed E-state index contributed by atoms with van der Waals surface area (Å²) in [4.78, 5) is 28.5. The van der Waals surface area contributed by atoms with Gasteiger partial charge in [0.05, 0.1) is 11.9 Å². The summed E-state index contributed by atoms with van der Waals surface area (Å²) < 4.78 is 26.7. The van der Waals surface area contributed by atoms with Crippen LogP contribution < -0.4 is 9.62 Å². The van der Waals surface area contributed by atoms with Gasteiger partial charge < -0.3 is 10.2 Å². The minimum Gasteiger partial charge on any atom is -0.357 e. The minimum atomic E-state index is -3.85. The Kier molecular flexibility index (Phi) is 9.34. The predicted molar refractivity (Wildman–Crippen MR) is 148 cm³/mol. The second kappa shape index (κ2) is 12.3. The summed E-state index contributed by atoms with van der Waals surface area (Å²) in [6, 6.07) is 21.1. The van der Waals surface area contributed by atoms with Gasteiger partial charge in [0, 0.05) is 25.0 Å². The van der Waals surface area contributed by atoms with Gasteiger partial charge in [-0.1, -0.05) is 77.8 Å². The van der Waals surface area contributed by atoms with Crippen LogP contribution in [0.5, 0.6) is 0 Å². The van der Waals surface area contributed by atoms with Crippen LogP contribution in [-0.2, 0) is 32.6 Å². The molecule has 2 amide bonds. The molecule has 3 aromatic carbocycles. The molecule has 0 bridgehead atoms. The Morgan fingerprint density at radius 2 is 1.59 bits per heavy atom. The Labute approximate surface area is 224 Å². The molecule has 9 heteroatoms. The fraction of sp³-hybridized carbons (Fsp3) is 0.286. The van der Waals surface area contributed by atoms with Gasteiger partial charge in [-0.3, -0.25) is 13.9 Å². The highest BCUT2D eigenvalue weighted by Gasteiger charge is 2.33. The quantitative estimate of drug-likeness (QED) is 0.418. The van der Waals surface area contributed by atoms with Crippen LogP contribution in [0.25, 0.3) is 0 Å². The molecule has 37 heavy (non-hydrogen) atoms. The summed E-state index contributed by atoms with van der Waals surface area (Å²) >= 11 is 6.26. The van der Waals surface area contributed by atoms with Crippen molar-refractivity contribution in [3.63, 3.8) is 0 Å². The fourth-order valence-corrected chi connectivity index (χ4v) is 5.26. The Morgan fingerprint density at radius 3 is 2.22 bits per heavy atom. The average Bonchev–Trinajstić information content (AvgIpc) is 2.86. The van der Waals surface area contributed by atoms with Crippen LogP contribution in [0.2, 0.25) is 5.02 Å². The molecule has 0 aliphatic carbocycles. The van der Waals surface area contributed by atoms with E-state index in [0.717, 1.165) is 27.3 Å². The maximum absolute atomic E-state index is 13.9. The second-order valence-electron chi connectivity index (χ2n) is 8.98. The van der Waals surface area contributed by atoms with Crippen molar-refractivity contribution >= 4 is 39.1 Å². The third-order valence-electron chi connectivity index (χ3n) is 6.14. The summed E-state index contributed by atoms with van der Waals surface area (Å²) in [5.74, 6) is -0.842. The zero-order valence-corrected chi connectivity index (χ0v) is 23.0. The summed E-state index contributed by atoms with van der Waals surface area (Å²) in [5, 5.41) is 3.06. The van der Waals surface area contributed by atoms with Crippen LogP contribution in [-0.4, -0.2) is 51.0 Å².